The molecule has 4 aromatic carbocycles. The van der Waals surface area contributed by atoms with Crippen LogP contribution in [0.4, 0.5) is 48.7 Å². The topological polar surface area (TPSA) is 83.1 Å². The van der Waals surface area contributed by atoms with Crippen LogP contribution < -0.4 is 10.1 Å². The number of halogens is 10. The van der Waals surface area contributed by atoms with E-state index >= 15 is 0 Å². The molecule has 56 heavy (non-hydrogen) atoms. The van der Waals surface area contributed by atoms with E-state index in [4.69, 9.17) is 18.9 Å². The Morgan fingerprint density at radius 1 is 0.714 bits per heavy atom. The summed E-state index contributed by atoms with van der Waals surface area (Å²) in [6.45, 7) is 2.73. The highest BCUT2D eigenvalue weighted by Gasteiger charge is 2.39. The number of hydrogen-bond acceptors (Lipinski definition) is 7. The minimum Gasteiger partial charge on any atom is -0.496 e. The van der Waals surface area contributed by atoms with E-state index in [1.54, 1.807) is 44.2 Å². The van der Waals surface area contributed by atoms with E-state index in [-0.39, 0.29) is 46.6 Å². The second-order valence-corrected chi connectivity index (χ2v) is 12.8. The maximum Gasteiger partial charge on any atom is 0.509 e. The van der Waals surface area contributed by atoms with Gasteiger partial charge >= 0.3 is 30.7 Å². The van der Waals surface area contributed by atoms with Crippen LogP contribution in [0.5, 0.6) is 5.75 Å². The van der Waals surface area contributed by atoms with Gasteiger partial charge in [-0.25, -0.2) is 14.0 Å². The highest BCUT2D eigenvalue weighted by atomic mass is 19.4. The molecule has 0 amide bonds. The van der Waals surface area contributed by atoms with Gasteiger partial charge < -0.3 is 24.3 Å². The van der Waals surface area contributed by atoms with Gasteiger partial charge in [-0.3, -0.25) is 0 Å². The lowest BCUT2D eigenvalue weighted by Crippen LogP contribution is -2.35. The predicted molar refractivity (Wildman–Crippen MR) is 182 cm³/mol. The van der Waals surface area contributed by atoms with Crippen LogP contribution in [0.1, 0.15) is 71.7 Å². The van der Waals surface area contributed by atoms with E-state index in [0.717, 1.165) is 24.3 Å². The van der Waals surface area contributed by atoms with Crippen molar-refractivity contribution in [1.29, 1.82) is 0 Å². The molecule has 1 N–H and O–H groups in total. The number of carbonyl (C=O) groups excluding carboxylic acids is 2. The molecule has 0 aliphatic heterocycles. The molecule has 4 rings (SSSR count). The lowest BCUT2D eigenvalue weighted by molar-refractivity contribution is -0.149. The molecule has 0 saturated carbocycles. The van der Waals surface area contributed by atoms with Gasteiger partial charge in [-0.1, -0.05) is 50.2 Å². The molecule has 0 heterocycles. The van der Waals surface area contributed by atoms with Crippen LogP contribution in [-0.2, 0) is 50.7 Å². The summed E-state index contributed by atoms with van der Waals surface area (Å²) in [5.74, 6) is -2.12. The Bertz CT molecular complexity index is 1960. The Hall–Kier alpha value is -5.32. The van der Waals surface area contributed by atoms with E-state index in [1.165, 1.54) is 20.1 Å². The Labute approximate surface area is 314 Å². The number of hydrogen-bond donors (Lipinski definition) is 1. The number of ether oxygens (including phenoxy) is 4. The molecule has 0 spiro atoms. The van der Waals surface area contributed by atoms with Crippen LogP contribution >= 0.6 is 0 Å². The van der Waals surface area contributed by atoms with Crippen LogP contribution in [0.3, 0.4) is 0 Å². The summed E-state index contributed by atoms with van der Waals surface area (Å²) in [6.07, 6.45) is -19.2. The monoisotopic (exact) mass is 803 g/mol. The summed E-state index contributed by atoms with van der Waals surface area (Å²) in [4.78, 5) is 25.1. The lowest BCUT2D eigenvalue weighted by atomic mass is 9.92. The van der Waals surface area contributed by atoms with E-state index in [9.17, 15) is 53.5 Å². The largest absolute Gasteiger partial charge is 0.509 e. The SMILES string of the molecule is COc1cc(F)c(C(C)C)cc1-c1ccc(C(F)(F)F)cc1CN[C@@H](C)[C@H](OC(=O)OCC(=O)OCc1ccccc1)c1cc(C(F)(F)F)cc(C(F)(F)F)c1. The zero-order valence-corrected chi connectivity index (χ0v) is 30.1. The van der Waals surface area contributed by atoms with E-state index in [1.807, 2.05) is 0 Å². The fourth-order valence-corrected chi connectivity index (χ4v) is 5.59. The molecule has 0 aliphatic carbocycles. The Kier molecular flexibility index (Phi) is 13.7. The number of nitrogens with one attached hydrogen (secondary N) is 1. The van der Waals surface area contributed by atoms with Crippen LogP contribution in [-0.4, -0.2) is 31.9 Å². The Morgan fingerprint density at radius 2 is 1.32 bits per heavy atom. The maximum atomic E-state index is 14.9. The summed E-state index contributed by atoms with van der Waals surface area (Å²) >= 11 is 0. The van der Waals surface area contributed by atoms with Gasteiger partial charge in [0.1, 0.15) is 24.3 Å². The third kappa shape index (κ3) is 11.4. The number of esters is 1. The zero-order chi connectivity index (χ0) is 41.6. The van der Waals surface area contributed by atoms with Crippen molar-refractivity contribution in [2.75, 3.05) is 13.7 Å². The van der Waals surface area contributed by atoms with E-state index in [0.29, 0.717) is 17.7 Å². The quantitative estimate of drug-likeness (QED) is 0.106. The van der Waals surface area contributed by atoms with Crippen LogP contribution in [0.25, 0.3) is 11.1 Å². The number of rotatable bonds is 13. The average Bonchev–Trinajstić information content (AvgIpc) is 3.13. The van der Waals surface area contributed by atoms with Gasteiger partial charge in [0, 0.05) is 24.2 Å². The summed E-state index contributed by atoms with van der Waals surface area (Å²) in [5.41, 5.74) is -4.45. The smallest absolute Gasteiger partial charge is 0.496 e. The first-order valence-corrected chi connectivity index (χ1v) is 16.7. The van der Waals surface area contributed by atoms with Crippen LogP contribution in [0.2, 0.25) is 0 Å². The first kappa shape index (κ1) is 43.4. The normalized spacial score (nSPS) is 13.3. The molecule has 7 nitrogen and oxygen atoms in total. The van der Waals surface area contributed by atoms with Crippen molar-refractivity contribution in [2.24, 2.45) is 0 Å². The lowest BCUT2D eigenvalue weighted by Gasteiger charge is -2.27. The van der Waals surface area contributed by atoms with Crippen LogP contribution in [0.15, 0.2) is 78.9 Å². The fourth-order valence-electron chi connectivity index (χ4n) is 5.59. The molecular formula is C39H35F10NO6. The average molecular weight is 804 g/mol. The summed E-state index contributed by atoms with van der Waals surface area (Å²) in [5, 5.41) is 2.73. The van der Waals surface area contributed by atoms with Gasteiger partial charge in [-0.2, -0.15) is 39.5 Å². The van der Waals surface area contributed by atoms with Crippen LogP contribution in [0, 0.1) is 5.82 Å². The third-order valence-corrected chi connectivity index (χ3v) is 8.44. The highest BCUT2D eigenvalue weighted by Crippen LogP contribution is 2.41. The Morgan fingerprint density at radius 3 is 1.88 bits per heavy atom. The number of benzene rings is 4. The van der Waals surface area contributed by atoms with Gasteiger partial charge in [0.25, 0.3) is 0 Å². The number of carbonyl (C=O) groups is 2. The standard InChI is InChI=1S/C39H35F10NO6/c1-21(2)30-16-31(33(53-4)17-32(30)40)29-11-10-26(37(41,42)43)14-25(29)18-50-22(3)35(24-12-27(38(44,45)46)15-28(13-24)39(47,48)49)56-36(52)55-20-34(51)54-19-23-8-6-5-7-9-23/h5-17,21-22,35,50H,18-20H2,1-4H3/t22-,35-/m0/s1. The van der Waals surface area contributed by atoms with Gasteiger partial charge in [-0.05, 0) is 77.1 Å². The van der Waals surface area contributed by atoms with Gasteiger partial charge in [0.05, 0.1) is 23.8 Å². The fraction of sp³-hybridized carbons (Fsp3) is 0.333. The Balaban J connectivity index is 1.71. The molecular weight excluding hydrogens is 768 g/mol. The third-order valence-electron chi connectivity index (χ3n) is 8.44. The minimum absolute atomic E-state index is 0.0455. The second-order valence-electron chi connectivity index (χ2n) is 12.8. The zero-order valence-electron chi connectivity index (χ0n) is 30.1. The first-order valence-electron chi connectivity index (χ1n) is 16.7. The van der Waals surface area contributed by atoms with Gasteiger partial charge in [0.2, 0.25) is 0 Å². The molecule has 0 unspecified atom stereocenters. The van der Waals surface area contributed by atoms with Crippen molar-refractivity contribution in [3.05, 3.63) is 124 Å². The highest BCUT2D eigenvalue weighted by molar-refractivity contribution is 5.75. The minimum atomic E-state index is -5.30. The summed E-state index contributed by atoms with van der Waals surface area (Å²) in [7, 11) is 1.21. The molecule has 4 aromatic rings. The van der Waals surface area contributed by atoms with Crippen molar-refractivity contribution < 1.29 is 72.4 Å². The van der Waals surface area contributed by atoms with Crippen molar-refractivity contribution >= 4 is 12.1 Å². The molecule has 0 aliphatic rings. The van der Waals surface area contributed by atoms with Crippen molar-refractivity contribution in [3.63, 3.8) is 0 Å². The second kappa shape index (κ2) is 17.6. The van der Waals surface area contributed by atoms with Crippen molar-refractivity contribution in [2.45, 2.75) is 70.5 Å². The molecule has 2 atom stereocenters. The molecule has 17 heteroatoms. The van der Waals surface area contributed by atoms with E-state index in [2.05, 4.69) is 5.32 Å². The van der Waals surface area contributed by atoms with Gasteiger partial charge in [-0.15, -0.1) is 0 Å². The maximum absolute atomic E-state index is 14.9. The first-order chi connectivity index (χ1) is 26.1. The molecule has 0 radical (unpaired) electrons. The molecule has 0 bridgehead atoms. The van der Waals surface area contributed by atoms with Crippen molar-refractivity contribution in [3.8, 4) is 16.9 Å². The number of methoxy groups -OCH3 is 1. The van der Waals surface area contributed by atoms with Crippen molar-refractivity contribution in [1.82, 2.24) is 5.32 Å². The number of alkyl halides is 9. The molecule has 0 fully saturated rings. The van der Waals surface area contributed by atoms with Gasteiger partial charge in [0.15, 0.2) is 6.61 Å². The van der Waals surface area contributed by atoms with E-state index < -0.39 is 84.0 Å². The summed E-state index contributed by atoms with van der Waals surface area (Å²) in [6, 6.07) is 12.4. The predicted octanol–water partition coefficient (Wildman–Crippen LogP) is 10.8. The molecule has 0 aromatic heterocycles. The molecule has 0 saturated heterocycles. The summed E-state index contributed by atoms with van der Waals surface area (Å²) < 4.78 is 160. The molecule has 302 valence electrons.